The lowest BCUT2D eigenvalue weighted by atomic mass is 10.2. The van der Waals surface area contributed by atoms with E-state index in [-0.39, 0.29) is 5.91 Å². The van der Waals surface area contributed by atoms with Crippen LogP contribution in [-0.4, -0.2) is 35.8 Å². The van der Waals surface area contributed by atoms with Gasteiger partial charge in [0.25, 0.3) is 5.91 Å². The Bertz CT molecular complexity index is 485. The summed E-state index contributed by atoms with van der Waals surface area (Å²) in [5, 5.41) is 11.5. The Morgan fingerprint density at radius 2 is 1.95 bits per heavy atom. The summed E-state index contributed by atoms with van der Waals surface area (Å²) in [6.07, 6.45) is -0.815. The second kappa shape index (κ2) is 6.38. The van der Waals surface area contributed by atoms with Crippen molar-refractivity contribution in [3.05, 3.63) is 24.3 Å². The average Bonchev–Trinajstić information content (AvgIpc) is 2.91. The van der Waals surface area contributed by atoms with E-state index >= 15 is 0 Å². The molecule has 2 rings (SSSR count). The first kappa shape index (κ1) is 14.3. The monoisotopic (exact) mass is 279 g/mol. The van der Waals surface area contributed by atoms with E-state index in [1.807, 2.05) is 6.92 Å². The van der Waals surface area contributed by atoms with E-state index in [4.69, 9.17) is 14.6 Å². The van der Waals surface area contributed by atoms with Crippen LogP contribution in [0.3, 0.4) is 0 Å². The Balaban J connectivity index is 1.90. The summed E-state index contributed by atoms with van der Waals surface area (Å²) < 4.78 is 10.5. The molecule has 1 amide bonds. The van der Waals surface area contributed by atoms with Gasteiger partial charge >= 0.3 is 5.97 Å². The molecule has 6 nitrogen and oxygen atoms in total. The van der Waals surface area contributed by atoms with Crippen molar-refractivity contribution >= 4 is 17.6 Å². The van der Waals surface area contributed by atoms with E-state index < -0.39 is 18.2 Å². The number of hydrogen-bond acceptors (Lipinski definition) is 4. The van der Waals surface area contributed by atoms with Gasteiger partial charge in [0.1, 0.15) is 11.9 Å². The number of benzene rings is 1. The first-order valence-electron chi connectivity index (χ1n) is 6.52. The van der Waals surface area contributed by atoms with Crippen LogP contribution < -0.4 is 10.1 Å². The normalized spacial score (nSPS) is 21.4. The highest BCUT2D eigenvalue weighted by molar-refractivity contribution is 5.94. The van der Waals surface area contributed by atoms with E-state index in [1.54, 1.807) is 24.3 Å². The summed E-state index contributed by atoms with van der Waals surface area (Å²) in [5.74, 6) is -0.618. The molecule has 0 bridgehead atoms. The minimum absolute atomic E-state index is 0.321. The molecule has 0 saturated carbocycles. The number of anilines is 1. The van der Waals surface area contributed by atoms with Gasteiger partial charge in [-0.15, -0.1) is 0 Å². The van der Waals surface area contributed by atoms with Crippen molar-refractivity contribution in [2.45, 2.75) is 32.0 Å². The Morgan fingerprint density at radius 3 is 2.50 bits per heavy atom. The van der Waals surface area contributed by atoms with E-state index in [2.05, 4.69) is 5.32 Å². The van der Waals surface area contributed by atoms with Crippen LogP contribution in [0.2, 0.25) is 0 Å². The standard InChI is InChI=1S/C14H17NO5/c1-2-19-10-5-3-9(4-6-10)15-13(16)11-7-8-12(20-11)14(17)18/h3-6,11-12H,2,7-8H2,1H3,(H,15,16)(H,17,18)/t11-,12+/m0/s1. The fourth-order valence-corrected chi connectivity index (χ4v) is 2.04. The first-order valence-corrected chi connectivity index (χ1v) is 6.52. The third kappa shape index (κ3) is 3.48. The molecule has 0 aromatic heterocycles. The van der Waals surface area contributed by atoms with Gasteiger partial charge in [0, 0.05) is 5.69 Å². The SMILES string of the molecule is CCOc1ccc(NC(=O)[C@@H]2CC[C@H](C(=O)O)O2)cc1. The Kier molecular flexibility index (Phi) is 4.57. The van der Waals surface area contributed by atoms with Crippen LogP contribution in [-0.2, 0) is 14.3 Å². The van der Waals surface area contributed by atoms with Crippen molar-refractivity contribution in [3.63, 3.8) is 0 Å². The molecule has 1 aromatic carbocycles. The number of carboxylic acids is 1. The average molecular weight is 279 g/mol. The molecule has 108 valence electrons. The van der Waals surface area contributed by atoms with Gasteiger partial charge in [-0.05, 0) is 44.0 Å². The molecule has 1 aromatic rings. The van der Waals surface area contributed by atoms with Gasteiger partial charge in [0.15, 0.2) is 6.10 Å². The van der Waals surface area contributed by atoms with Crippen molar-refractivity contribution in [2.24, 2.45) is 0 Å². The molecule has 6 heteroatoms. The number of hydrogen-bond donors (Lipinski definition) is 2. The molecule has 1 heterocycles. The Labute approximate surface area is 116 Å². The topological polar surface area (TPSA) is 84.9 Å². The van der Waals surface area contributed by atoms with Gasteiger partial charge in [-0.25, -0.2) is 4.79 Å². The number of ether oxygens (including phenoxy) is 2. The van der Waals surface area contributed by atoms with Crippen molar-refractivity contribution in [1.29, 1.82) is 0 Å². The number of nitrogens with one attached hydrogen (secondary N) is 1. The minimum Gasteiger partial charge on any atom is -0.494 e. The van der Waals surface area contributed by atoms with Gasteiger partial charge in [-0.3, -0.25) is 4.79 Å². The minimum atomic E-state index is -1.03. The molecule has 2 atom stereocenters. The molecule has 1 saturated heterocycles. The lowest BCUT2D eigenvalue weighted by Crippen LogP contribution is -2.29. The molecule has 20 heavy (non-hydrogen) atoms. The van der Waals surface area contributed by atoms with E-state index in [0.717, 1.165) is 5.75 Å². The molecule has 1 aliphatic heterocycles. The van der Waals surface area contributed by atoms with Gasteiger partial charge in [0.05, 0.1) is 6.61 Å². The van der Waals surface area contributed by atoms with Crippen molar-refractivity contribution in [3.8, 4) is 5.75 Å². The van der Waals surface area contributed by atoms with E-state index in [9.17, 15) is 9.59 Å². The number of carboxylic acid groups (broad SMARTS) is 1. The predicted molar refractivity (Wildman–Crippen MR) is 71.8 cm³/mol. The van der Waals surface area contributed by atoms with Gasteiger partial charge in [-0.2, -0.15) is 0 Å². The smallest absolute Gasteiger partial charge is 0.332 e. The van der Waals surface area contributed by atoms with Crippen LogP contribution in [0.25, 0.3) is 0 Å². The highest BCUT2D eigenvalue weighted by Crippen LogP contribution is 2.22. The second-order valence-electron chi connectivity index (χ2n) is 4.48. The highest BCUT2D eigenvalue weighted by atomic mass is 16.5. The van der Waals surface area contributed by atoms with Crippen LogP contribution in [0.1, 0.15) is 19.8 Å². The second-order valence-corrected chi connectivity index (χ2v) is 4.48. The summed E-state index contributed by atoms with van der Waals surface area (Å²) in [6.45, 7) is 2.48. The molecule has 0 aliphatic carbocycles. The zero-order chi connectivity index (χ0) is 14.5. The van der Waals surface area contributed by atoms with Crippen LogP contribution in [0, 0.1) is 0 Å². The fourth-order valence-electron chi connectivity index (χ4n) is 2.04. The highest BCUT2D eigenvalue weighted by Gasteiger charge is 2.34. The fraction of sp³-hybridized carbons (Fsp3) is 0.429. The quantitative estimate of drug-likeness (QED) is 0.856. The largest absolute Gasteiger partial charge is 0.494 e. The molecular weight excluding hydrogens is 262 g/mol. The van der Waals surface area contributed by atoms with Crippen molar-refractivity contribution < 1.29 is 24.2 Å². The number of aliphatic carboxylic acids is 1. The number of amides is 1. The van der Waals surface area contributed by atoms with Crippen LogP contribution in [0.5, 0.6) is 5.75 Å². The van der Waals surface area contributed by atoms with Gasteiger partial charge < -0.3 is 19.9 Å². The summed E-state index contributed by atoms with van der Waals surface area (Å²) in [6, 6.07) is 6.97. The van der Waals surface area contributed by atoms with Crippen molar-refractivity contribution in [1.82, 2.24) is 0 Å². The molecule has 0 unspecified atom stereocenters. The maximum Gasteiger partial charge on any atom is 0.332 e. The lowest BCUT2D eigenvalue weighted by molar-refractivity contribution is -0.150. The zero-order valence-corrected chi connectivity index (χ0v) is 11.2. The van der Waals surface area contributed by atoms with E-state index in [0.29, 0.717) is 25.1 Å². The van der Waals surface area contributed by atoms with Crippen molar-refractivity contribution in [2.75, 3.05) is 11.9 Å². The third-order valence-corrected chi connectivity index (χ3v) is 3.02. The van der Waals surface area contributed by atoms with Crippen LogP contribution >= 0.6 is 0 Å². The molecule has 0 spiro atoms. The Hall–Kier alpha value is -2.08. The van der Waals surface area contributed by atoms with E-state index in [1.165, 1.54) is 0 Å². The molecular formula is C14H17NO5. The lowest BCUT2D eigenvalue weighted by Gasteiger charge is -2.12. The molecule has 2 N–H and O–H groups in total. The number of carbonyl (C=O) groups is 2. The summed E-state index contributed by atoms with van der Waals surface area (Å²) in [4.78, 5) is 22.7. The number of rotatable bonds is 5. The molecule has 0 radical (unpaired) electrons. The van der Waals surface area contributed by atoms with Gasteiger partial charge in [-0.1, -0.05) is 0 Å². The van der Waals surface area contributed by atoms with Gasteiger partial charge in [0.2, 0.25) is 0 Å². The first-order chi connectivity index (χ1) is 9.60. The zero-order valence-electron chi connectivity index (χ0n) is 11.2. The summed E-state index contributed by atoms with van der Waals surface area (Å²) in [7, 11) is 0. The predicted octanol–water partition coefficient (Wildman–Crippen LogP) is 1.66. The molecule has 1 aliphatic rings. The maximum atomic E-state index is 11.9. The van der Waals surface area contributed by atoms with Crippen LogP contribution in [0.15, 0.2) is 24.3 Å². The summed E-state index contributed by atoms with van der Waals surface area (Å²) in [5.41, 5.74) is 0.626. The Morgan fingerprint density at radius 1 is 1.30 bits per heavy atom. The molecule has 1 fully saturated rings. The maximum absolute atomic E-state index is 11.9. The van der Waals surface area contributed by atoms with Crippen LogP contribution in [0.4, 0.5) is 5.69 Å². The number of carbonyl (C=O) groups excluding carboxylic acids is 1. The summed E-state index contributed by atoms with van der Waals surface area (Å²) >= 11 is 0. The third-order valence-electron chi connectivity index (χ3n) is 3.02.